The van der Waals surface area contributed by atoms with Crippen LogP contribution < -0.4 is 16.4 Å². The first kappa shape index (κ1) is 13.8. The SMILES string of the molecule is CCC(C)(CN)C(=O)N1CCC2(C1)NC(=O)NC2=O. The Hall–Kier alpha value is -1.63. The van der Waals surface area contributed by atoms with E-state index in [9.17, 15) is 14.4 Å². The van der Waals surface area contributed by atoms with E-state index in [4.69, 9.17) is 5.73 Å². The molecule has 2 rings (SSSR count). The van der Waals surface area contributed by atoms with Gasteiger partial charge in [0.25, 0.3) is 5.91 Å². The minimum Gasteiger partial charge on any atom is -0.339 e. The van der Waals surface area contributed by atoms with E-state index < -0.39 is 17.0 Å². The van der Waals surface area contributed by atoms with Gasteiger partial charge in [-0.25, -0.2) is 4.79 Å². The van der Waals surface area contributed by atoms with Crippen LogP contribution in [0.2, 0.25) is 0 Å². The van der Waals surface area contributed by atoms with Crippen molar-refractivity contribution in [2.75, 3.05) is 19.6 Å². The smallest absolute Gasteiger partial charge is 0.322 e. The fourth-order valence-corrected chi connectivity index (χ4v) is 2.56. The Labute approximate surface area is 111 Å². The molecular weight excluding hydrogens is 248 g/mol. The molecule has 2 heterocycles. The summed E-state index contributed by atoms with van der Waals surface area (Å²) < 4.78 is 0. The summed E-state index contributed by atoms with van der Waals surface area (Å²) in [6.45, 7) is 4.69. The molecule has 4 amide bonds. The second kappa shape index (κ2) is 4.48. The van der Waals surface area contributed by atoms with Crippen molar-refractivity contribution in [3.8, 4) is 0 Å². The Morgan fingerprint density at radius 1 is 1.53 bits per heavy atom. The summed E-state index contributed by atoms with van der Waals surface area (Å²) in [4.78, 5) is 37.1. The zero-order chi connectivity index (χ0) is 14.3. The number of hydrogen-bond acceptors (Lipinski definition) is 4. The molecule has 0 aromatic heterocycles. The van der Waals surface area contributed by atoms with Crippen molar-refractivity contribution in [3.63, 3.8) is 0 Å². The average Bonchev–Trinajstić information content (AvgIpc) is 2.93. The highest BCUT2D eigenvalue weighted by molar-refractivity contribution is 6.07. The van der Waals surface area contributed by atoms with Gasteiger partial charge in [-0.1, -0.05) is 6.92 Å². The predicted molar refractivity (Wildman–Crippen MR) is 68.1 cm³/mol. The summed E-state index contributed by atoms with van der Waals surface area (Å²) >= 11 is 0. The average molecular weight is 268 g/mol. The molecule has 2 atom stereocenters. The number of likely N-dealkylation sites (tertiary alicyclic amines) is 1. The maximum absolute atomic E-state index is 12.5. The first-order valence-corrected chi connectivity index (χ1v) is 6.50. The lowest BCUT2D eigenvalue weighted by Crippen LogP contribution is -2.52. The van der Waals surface area contributed by atoms with Crippen molar-refractivity contribution in [2.24, 2.45) is 11.1 Å². The number of carbonyl (C=O) groups excluding carboxylic acids is 3. The molecule has 7 nitrogen and oxygen atoms in total. The van der Waals surface area contributed by atoms with E-state index in [2.05, 4.69) is 10.6 Å². The fourth-order valence-electron chi connectivity index (χ4n) is 2.56. The van der Waals surface area contributed by atoms with E-state index in [0.717, 1.165) is 0 Å². The second-order valence-corrected chi connectivity index (χ2v) is 5.59. The van der Waals surface area contributed by atoms with Gasteiger partial charge in [-0.3, -0.25) is 14.9 Å². The van der Waals surface area contributed by atoms with Crippen molar-refractivity contribution >= 4 is 17.8 Å². The molecule has 19 heavy (non-hydrogen) atoms. The van der Waals surface area contributed by atoms with Gasteiger partial charge in [-0.2, -0.15) is 0 Å². The summed E-state index contributed by atoms with van der Waals surface area (Å²) in [5, 5.41) is 4.85. The van der Waals surface area contributed by atoms with Crippen molar-refractivity contribution < 1.29 is 14.4 Å². The van der Waals surface area contributed by atoms with Crippen LogP contribution in [0.4, 0.5) is 4.79 Å². The van der Waals surface area contributed by atoms with E-state index in [1.165, 1.54) is 0 Å². The molecule has 106 valence electrons. The summed E-state index contributed by atoms with van der Waals surface area (Å²) in [5.74, 6) is -0.401. The van der Waals surface area contributed by atoms with Gasteiger partial charge in [-0.15, -0.1) is 0 Å². The third kappa shape index (κ3) is 2.07. The number of hydrogen-bond donors (Lipinski definition) is 3. The fraction of sp³-hybridized carbons (Fsp3) is 0.750. The number of amides is 4. The molecular formula is C12H20N4O3. The highest BCUT2D eigenvalue weighted by atomic mass is 16.2. The molecule has 0 saturated carbocycles. The lowest BCUT2D eigenvalue weighted by atomic mass is 9.86. The van der Waals surface area contributed by atoms with Gasteiger partial charge in [0, 0.05) is 13.1 Å². The summed E-state index contributed by atoms with van der Waals surface area (Å²) in [5.41, 5.74) is 4.13. The van der Waals surface area contributed by atoms with E-state index in [0.29, 0.717) is 19.4 Å². The molecule has 2 aliphatic heterocycles. The van der Waals surface area contributed by atoms with Gasteiger partial charge >= 0.3 is 6.03 Å². The van der Waals surface area contributed by atoms with E-state index in [1.54, 1.807) is 4.90 Å². The quantitative estimate of drug-likeness (QED) is 0.581. The van der Waals surface area contributed by atoms with Gasteiger partial charge in [-0.05, 0) is 19.8 Å². The Balaban J connectivity index is 2.13. The Bertz CT molecular complexity index is 433. The number of carbonyl (C=O) groups is 3. The minimum atomic E-state index is -0.948. The second-order valence-electron chi connectivity index (χ2n) is 5.59. The molecule has 0 radical (unpaired) electrons. The number of imide groups is 1. The van der Waals surface area contributed by atoms with E-state index in [-0.39, 0.29) is 24.9 Å². The predicted octanol–water partition coefficient (Wildman–Crippen LogP) is -0.828. The molecule has 2 fully saturated rings. The maximum Gasteiger partial charge on any atom is 0.322 e. The van der Waals surface area contributed by atoms with Crippen molar-refractivity contribution in [1.82, 2.24) is 15.5 Å². The Morgan fingerprint density at radius 3 is 2.68 bits per heavy atom. The lowest BCUT2D eigenvalue weighted by Gasteiger charge is -2.31. The topological polar surface area (TPSA) is 105 Å². The molecule has 0 aliphatic carbocycles. The monoisotopic (exact) mass is 268 g/mol. The van der Waals surface area contributed by atoms with Gasteiger partial charge < -0.3 is 16.0 Å². The minimum absolute atomic E-state index is 0.0525. The number of rotatable bonds is 3. The molecule has 2 aliphatic rings. The van der Waals surface area contributed by atoms with Gasteiger partial charge in [0.1, 0.15) is 5.54 Å². The van der Waals surface area contributed by atoms with Crippen molar-refractivity contribution in [2.45, 2.75) is 32.2 Å². The molecule has 2 saturated heterocycles. The van der Waals surface area contributed by atoms with Crippen LogP contribution in [0.3, 0.4) is 0 Å². The highest BCUT2D eigenvalue weighted by Crippen LogP contribution is 2.30. The first-order valence-electron chi connectivity index (χ1n) is 6.50. The number of urea groups is 1. The highest BCUT2D eigenvalue weighted by Gasteiger charge is 2.52. The maximum atomic E-state index is 12.5. The molecule has 2 unspecified atom stereocenters. The largest absolute Gasteiger partial charge is 0.339 e. The first-order chi connectivity index (χ1) is 8.87. The van der Waals surface area contributed by atoms with Gasteiger partial charge in [0.15, 0.2) is 0 Å². The summed E-state index contributed by atoms with van der Waals surface area (Å²) in [6, 6.07) is -0.489. The van der Waals surface area contributed by atoms with E-state index in [1.807, 2.05) is 13.8 Å². The van der Waals surface area contributed by atoms with Crippen LogP contribution in [-0.2, 0) is 9.59 Å². The Kier molecular flexibility index (Phi) is 3.25. The molecule has 0 aromatic carbocycles. The molecule has 0 bridgehead atoms. The van der Waals surface area contributed by atoms with Crippen LogP contribution in [0.25, 0.3) is 0 Å². The van der Waals surface area contributed by atoms with Crippen LogP contribution in [0.15, 0.2) is 0 Å². The third-order valence-corrected chi connectivity index (χ3v) is 4.32. The molecule has 1 spiro atoms. The van der Waals surface area contributed by atoms with Crippen molar-refractivity contribution in [3.05, 3.63) is 0 Å². The van der Waals surface area contributed by atoms with Gasteiger partial charge in [0.2, 0.25) is 5.91 Å². The lowest BCUT2D eigenvalue weighted by molar-refractivity contribution is -0.140. The number of nitrogens with zero attached hydrogens (tertiary/aromatic N) is 1. The van der Waals surface area contributed by atoms with Crippen molar-refractivity contribution in [1.29, 1.82) is 0 Å². The standard InChI is InChI=1S/C12H20N4O3/c1-3-11(2,6-13)9(18)16-5-4-12(7-16)8(17)14-10(19)15-12/h3-7,13H2,1-2H3,(H2,14,15,17,19). The molecule has 4 N–H and O–H groups in total. The summed E-state index contributed by atoms with van der Waals surface area (Å²) in [7, 11) is 0. The zero-order valence-corrected chi connectivity index (χ0v) is 11.3. The van der Waals surface area contributed by atoms with Gasteiger partial charge in [0.05, 0.1) is 12.0 Å². The van der Waals surface area contributed by atoms with Crippen LogP contribution >= 0.6 is 0 Å². The van der Waals surface area contributed by atoms with Crippen LogP contribution in [-0.4, -0.2) is 47.9 Å². The van der Waals surface area contributed by atoms with Crippen LogP contribution in [0.5, 0.6) is 0 Å². The summed E-state index contributed by atoms with van der Waals surface area (Å²) in [6.07, 6.45) is 1.09. The van der Waals surface area contributed by atoms with Crippen LogP contribution in [0.1, 0.15) is 26.7 Å². The zero-order valence-electron chi connectivity index (χ0n) is 11.3. The number of nitrogens with two attached hydrogens (primary N) is 1. The van der Waals surface area contributed by atoms with Crippen LogP contribution in [0, 0.1) is 5.41 Å². The third-order valence-electron chi connectivity index (χ3n) is 4.32. The number of nitrogens with one attached hydrogen (secondary N) is 2. The van der Waals surface area contributed by atoms with E-state index >= 15 is 0 Å². The molecule has 0 aromatic rings. The Morgan fingerprint density at radius 2 is 2.21 bits per heavy atom. The normalized spacial score (nSPS) is 29.3. The molecule has 7 heteroatoms.